The average Bonchev–Trinajstić information content (AvgIpc) is 2.83. The van der Waals surface area contributed by atoms with Crippen molar-refractivity contribution >= 4 is 29.9 Å². The number of halogens is 2. The third kappa shape index (κ3) is 5.41. The molecule has 0 fully saturated rings. The van der Waals surface area contributed by atoms with E-state index in [9.17, 15) is 4.39 Å². The Kier molecular flexibility index (Phi) is 7.86. The highest BCUT2D eigenvalue weighted by Crippen LogP contribution is 2.03. The molecular weight excluding hydrogens is 412 g/mol. The number of nitrogens with zero attached hydrogens (tertiary/aromatic N) is 5. The lowest BCUT2D eigenvalue weighted by Gasteiger charge is -2.11. The van der Waals surface area contributed by atoms with Gasteiger partial charge in [-0.1, -0.05) is 0 Å². The van der Waals surface area contributed by atoms with E-state index in [1.807, 2.05) is 25.5 Å². The third-order valence-corrected chi connectivity index (χ3v) is 3.16. The van der Waals surface area contributed by atoms with E-state index in [4.69, 9.17) is 0 Å². The zero-order valence-electron chi connectivity index (χ0n) is 13.4. The highest BCUT2D eigenvalue weighted by molar-refractivity contribution is 14.0. The minimum atomic E-state index is -0.356. The summed E-state index contributed by atoms with van der Waals surface area (Å²) < 4.78 is 15.4. The molecule has 2 heterocycles. The molecule has 0 saturated heterocycles. The van der Waals surface area contributed by atoms with Gasteiger partial charge in [-0.15, -0.1) is 34.2 Å². The van der Waals surface area contributed by atoms with Crippen LogP contribution in [0.2, 0.25) is 0 Å². The lowest BCUT2D eigenvalue weighted by Crippen LogP contribution is -2.37. The van der Waals surface area contributed by atoms with Crippen molar-refractivity contribution in [2.75, 3.05) is 6.54 Å². The topological polar surface area (TPSA) is 80.0 Å². The van der Waals surface area contributed by atoms with Crippen LogP contribution in [0.3, 0.4) is 0 Å². The first-order chi connectivity index (χ1) is 10.6. The lowest BCUT2D eigenvalue weighted by atomic mass is 10.3. The fourth-order valence-electron chi connectivity index (χ4n) is 1.80. The van der Waals surface area contributed by atoms with E-state index in [0.29, 0.717) is 24.7 Å². The highest BCUT2D eigenvalue weighted by Gasteiger charge is 2.06. The van der Waals surface area contributed by atoms with Crippen LogP contribution in [0.25, 0.3) is 0 Å². The molecule has 0 aliphatic carbocycles. The molecule has 7 nitrogen and oxygen atoms in total. The van der Waals surface area contributed by atoms with Gasteiger partial charge in [0.05, 0.1) is 18.8 Å². The van der Waals surface area contributed by atoms with Gasteiger partial charge in [0, 0.05) is 19.8 Å². The second-order valence-corrected chi connectivity index (χ2v) is 4.70. The molecule has 2 N–H and O–H groups in total. The molecule has 2 aromatic rings. The number of aryl methyl sites for hydroxylation is 1. The van der Waals surface area contributed by atoms with Crippen molar-refractivity contribution in [1.82, 2.24) is 30.4 Å². The van der Waals surface area contributed by atoms with Crippen molar-refractivity contribution in [1.29, 1.82) is 0 Å². The van der Waals surface area contributed by atoms with Gasteiger partial charge in [-0.05, 0) is 26.0 Å². The van der Waals surface area contributed by atoms with Crippen molar-refractivity contribution in [2.24, 2.45) is 12.0 Å². The van der Waals surface area contributed by atoms with Crippen molar-refractivity contribution in [3.8, 4) is 0 Å². The molecular formula is C14H21FIN7. The first-order valence-corrected chi connectivity index (χ1v) is 7.08. The summed E-state index contributed by atoms with van der Waals surface area (Å²) in [5.41, 5.74) is 0.314. The summed E-state index contributed by atoms with van der Waals surface area (Å²) in [5.74, 6) is 1.86. The molecule has 0 bridgehead atoms. The second-order valence-electron chi connectivity index (χ2n) is 4.70. The summed E-state index contributed by atoms with van der Waals surface area (Å²) in [7, 11) is 1.90. The van der Waals surface area contributed by atoms with Crippen LogP contribution >= 0.6 is 24.0 Å². The minimum Gasteiger partial charge on any atom is -0.357 e. The maximum atomic E-state index is 13.5. The van der Waals surface area contributed by atoms with Crippen molar-refractivity contribution in [3.05, 3.63) is 41.5 Å². The van der Waals surface area contributed by atoms with E-state index in [-0.39, 0.29) is 36.3 Å². The minimum absolute atomic E-state index is 0. The monoisotopic (exact) mass is 433 g/mol. The van der Waals surface area contributed by atoms with Crippen LogP contribution < -0.4 is 10.6 Å². The Bertz CT molecular complexity index is 656. The number of guanidine groups is 1. The van der Waals surface area contributed by atoms with Crippen LogP contribution in [-0.2, 0) is 20.1 Å². The quantitative estimate of drug-likeness (QED) is 0.425. The third-order valence-electron chi connectivity index (χ3n) is 3.16. The average molecular weight is 433 g/mol. The summed E-state index contributed by atoms with van der Waals surface area (Å²) in [4.78, 5) is 8.31. The van der Waals surface area contributed by atoms with Crippen molar-refractivity contribution in [3.63, 3.8) is 0 Å². The number of nitrogens with one attached hydrogen (secondary N) is 2. The Morgan fingerprint density at radius 1 is 1.35 bits per heavy atom. The van der Waals surface area contributed by atoms with E-state index in [0.717, 1.165) is 11.6 Å². The summed E-state index contributed by atoms with van der Waals surface area (Å²) in [6.07, 6.45) is 1.55. The molecule has 2 aromatic heterocycles. The lowest BCUT2D eigenvalue weighted by molar-refractivity contribution is 0.599. The molecule has 0 saturated carbocycles. The molecule has 2 rings (SSSR count). The number of hydrogen-bond donors (Lipinski definition) is 2. The molecule has 0 atom stereocenters. The molecule has 9 heteroatoms. The molecule has 126 valence electrons. The van der Waals surface area contributed by atoms with Gasteiger partial charge in [-0.3, -0.25) is 4.98 Å². The van der Waals surface area contributed by atoms with Crippen LogP contribution in [0.15, 0.2) is 23.3 Å². The van der Waals surface area contributed by atoms with E-state index >= 15 is 0 Å². The van der Waals surface area contributed by atoms with Gasteiger partial charge in [-0.2, -0.15) is 0 Å². The van der Waals surface area contributed by atoms with Crippen LogP contribution in [0.1, 0.15) is 24.3 Å². The predicted octanol–water partition coefficient (Wildman–Crippen LogP) is 1.53. The molecule has 0 amide bonds. The van der Waals surface area contributed by atoms with E-state index in [1.165, 1.54) is 6.07 Å². The molecule has 0 radical (unpaired) electrons. The fourth-order valence-corrected chi connectivity index (χ4v) is 1.80. The van der Waals surface area contributed by atoms with Crippen molar-refractivity contribution < 1.29 is 4.39 Å². The number of aliphatic imine (C=N–C) groups is 1. The second kappa shape index (κ2) is 9.38. The number of aromatic nitrogens is 4. The maximum absolute atomic E-state index is 13.5. The largest absolute Gasteiger partial charge is 0.357 e. The zero-order valence-corrected chi connectivity index (χ0v) is 15.7. The molecule has 0 aliphatic rings. The summed E-state index contributed by atoms with van der Waals surface area (Å²) in [6.45, 7) is 5.20. The summed E-state index contributed by atoms with van der Waals surface area (Å²) in [5, 5.41) is 14.3. The molecule has 0 aliphatic heterocycles. The number of pyridine rings is 1. The van der Waals surface area contributed by atoms with Crippen LogP contribution in [0, 0.1) is 12.7 Å². The van der Waals surface area contributed by atoms with Crippen LogP contribution in [-0.4, -0.2) is 32.3 Å². The van der Waals surface area contributed by atoms with Crippen LogP contribution in [0.4, 0.5) is 4.39 Å². The number of rotatable bonds is 5. The molecule has 0 spiro atoms. The highest BCUT2D eigenvalue weighted by atomic mass is 127. The van der Waals surface area contributed by atoms with Gasteiger partial charge in [-0.25, -0.2) is 9.38 Å². The van der Waals surface area contributed by atoms with Crippen LogP contribution in [0.5, 0.6) is 0 Å². The Labute approximate surface area is 151 Å². The summed E-state index contributed by atoms with van der Waals surface area (Å²) >= 11 is 0. The summed E-state index contributed by atoms with van der Waals surface area (Å²) in [6, 6.07) is 2.93. The predicted molar refractivity (Wildman–Crippen MR) is 97.0 cm³/mol. The van der Waals surface area contributed by atoms with E-state index in [1.54, 1.807) is 12.3 Å². The zero-order chi connectivity index (χ0) is 15.9. The van der Waals surface area contributed by atoms with Gasteiger partial charge in [0.15, 0.2) is 11.8 Å². The van der Waals surface area contributed by atoms with Gasteiger partial charge >= 0.3 is 0 Å². The van der Waals surface area contributed by atoms with Gasteiger partial charge in [0.25, 0.3) is 0 Å². The van der Waals surface area contributed by atoms with Gasteiger partial charge < -0.3 is 15.2 Å². The van der Waals surface area contributed by atoms with Gasteiger partial charge in [0.1, 0.15) is 11.6 Å². The Balaban J connectivity index is 0.00000264. The normalized spacial score (nSPS) is 11.0. The smallest absolute Gasteiger partial charge is 0.192 e. The fraction of sp³-hybridized carbons (Fsp3) is 0.429. The Morgan fingerprint density at radius 2 is 2.13 bits per heavy atom. The maximum Gasteiger partial charge on any atom is 0.192 e. The number of hydrogen-bond acceptors (Lipinski definition) is 4. The van der Waals surface area contributed by atoms with E-state index < -0.39 is 0 Å². The molecule has 23 heavy (non-hydrogen) atoms. The first-order valence-electron chi connectivity index (χ1n) is 7.08. The van der Waals surface area contributed by atoms with E-state index in [2.05, 4.69) is 30.8 Å². The Morgan fingerprint density at radius 3 is 2.74 bits per heavy atom. The SMILES string of the molecule is CCNC(=NCc1ncccc1F)NCc1nnc(C)n1C.I. The Hall–Kier alpha value is -1.78. The molecule has 0 aromatic carbocycles. The molecule has 0 unspecified atom stereocenters. The van der Waals surface area contributed by atoms with Gasteiger partial charge in [0.2, 0.25) is 0 Å². The standard InChI is InChI=1S/C14H20FN7.HI/c1-4-16-14(18-8-12-11(15)6-5-7-17-12)19-9-13-21-20-10(2)22(13)3;/h5-7H,4,8-9H2,1-3H3,(H2,16,18,19);1H. The first kappa shape index (κ1) is 19.3. The van der Waals surface area contributed by atoms with Crippen molar-refractivity contribution in [2.45, 2.75) is 26.9 Å².